The van der Waals surface area contributed by atoms with Crippen LogP contribution in [-0.4, -0.2) is 0 Å². The van der Waals surface area contributed by atoms with Gasteiger partial charge in [0.2, 0.25) is 0 Å². The fourth-order valence-electron chi connectivity index (χ4n) is 2.54. The molecular weight excluding hydrogens is 299 g/mol. The molecule has 3 aromatic carbocycles. The van der Waals surface area contributed by atoms with Gasteiger partial charge in [-0.25, -0.2) is 4.39 Å². The highest BCUT2D eigenvalue weighted by atomic mass is 19.1. The summed E-state index contributed by atoms with van der Waals surface area (Å²) in [6, 6.07) is 20.6. The molecule has 0 aliphatic rings. The molecule has 0 radical (unpaired) electrons. The van der Waals surface area contributed by atoms with Crippen LogP contribution in [0.25, 0.3) is 11.1 Å². The number of terminal acetylenes is 1. The van der Waals surface area contributed by atoms with E-state index in [9.17, 15) is 4.39 Å². The van der Waals surface area contributed by atoms with E-state index in [1.54, 1.807) is 31.2 Å². The Morgan fingerprint density at radius 2 is 1.75 bits per heavy atom. The normalized spacial score (nSPS) is 10.2. The summed E-state index contributed by atoms with van der Waals surface area (Å²) in [4.78, 5) is 0. The second-order valence-corrected chi connectivity index (χ2v) is 5.57. The summed E-state index contributed by atoms with van der Waals surface area (Å²) in [6.45, 7) is 2.15. The van der Waals surface area contributed by atoms with Gasteiger partial charge in [-0.3, -0.25) is 0 Å². The third-order valence-corrected chi connectivity index (χ3v) is 3.87. The molecule has 0 heterocycles. The van der Waals surface area contributed by atoms with Crippen molar-refractivity contribution in [2.45, 2.75) is 13.5 Å². The Morgan fingerprint density at radius 1 is 0.958 bits per heavy atom. The van der Waals surface area contributed by atoms with Crippen LogP contribution < -0.4 is 4.74 Å². The topological polar surface area (TPSA) is 9.23 Å². The molecule has 3 aromatic rings. The van der Waals surface area contributed by atoms with Crippen LogP contribution in [0.1, 0.15) is 16.7 Å². The van der Waals surface area contributed by atoms with E-state index < -0.39 is 0 Å². The van der Waals surface area contributed by atoms with Crippen LogP contribution in [0.2, 0.25) is 0 Å². The molecule has 24 heavy (non-hydrogen) atoms. The Labute approximate surface area is 141 Å². The van der Waals surface area contributed by atoms with Crippen LogP contribution in [0, 0.1) is 25.1 Å². The highest BCUT2D eigenvalue weighted by molar-refractivity contribution is 5.72. The third-order valence-electron chi connectivity index (χ3n) is 3.87. The lowest BCUT2D eigenvalue weighted by atomic mass is 10.00. The van der Waals surface area contributed by atoms with Crippen molar-refractivity contribution in [2.24, 2.45) is 0 Å². The molecule has 0 bridgehead atoms. The smallest absolute Gasteiger partial charge is 0.134 e. The van der Waals surface area contributed by atoms with Gasteiger partial charge in [0.25, 0.3) is 0 Å². The molecule has 0 amide bonds. The first-order valence-corrected chi connectivity index (χ1v) is 7.72. The van der Waals surface area contributed by atoms with E-state index >= 15 is 0 Å². The quantitative estimate of drug-likeness (QED) is 0.589. The number of ether oxygens (including phenoxy) is 1. The van der Waals surface area contributed by atoms with Gasteiger partial charge in [0, 0.05) is 16.7 Å². The summed E-state index contributed by atoms with van der Waals surface area (Å²) in [7, 11) is 0. The van der Waals surface area contributed by atoms with E-state index in [0.717, 1.165) is 5.56 Å². The van der Waals surface area contributed by atoms with E-state index in [4.69, 9.17) is 11.2 Å². The Morgan fingerprint density at radius 3 is 2.50 bits per heavy atom. The molecule has 0 spiro atoms. The minimum Gasteiger partial charge on any atom is -0.488 e. The second kappa shape index (κ2) is 7.02. The van der Waals surface area contributed by atoms with Crippen LogP contribution >= 0.6 is 0 Å². The lowest BCUT2D eigenvalue weighted by Gasteiger charge is -2.14. The number of aryl methyl sites for hydroxylation is 1. The average Bonchev–Trinajstić information content (AvgIpc) is 2.63. The monoisotopic (exact) mass is 316 g/mol. The van der Waals surface area contributed by atoms with Crippen LogP contribution in [0.5, 0.6) is 5.75 Å². The zero-order valence-corrected chi connectivity index (χ0v) is 13.4. The lowest BCUT2D eigenvalue weighted by Crippen LogP contribution is -1.98. The number of rotatable bonds is 4. The van der Waals surface area contributed by atoms with Gasteiger partial charge in [-0.2, -0.15) is 0 Å². The standard InChI is InChI=1S/C22H17FO/c1-3-17-12-13-19(20-11-7-8-16(2)22(20)23)21(14-17)24-15-18-9-5-4-6-10-18/h1,4-14H,15H2,2H3. The molecular formula is C22H17FO. The van der Waals surface area contributed by atoms with Crippen LogP contribution in [0.3, 0.4) is 0 Å². The summed E-state index contributed by atoms with van der Waals surface area (Å²) in [6.07, 6.45) is 5.49. The maximum absolute atomic E-state index is 14.5. The van der Waals surface area contributed by atoms with Crippen LogP contribution in [0.15, 0.2) is 66.7 Å². The third kappa shape index (κ3) is 3.31. The van der Waals surface area contributed by atoms with Crippen molar-refractivity contribution in [3.8, 4) is 29.2 Å². The van der Waals surface area contributed by atoms with Gasteiger partial charge in [-0.15, -0.1) is 6.42 Å². The van der Waals surface area contributed by atoms with Crippen molar-refractivity contribution >= 4 is 0 Å². The van der Waals surface area contributed by atoms with Crippen molar-refractivity contribution in [3.63, 3.8) is 0 Å². The van der Waals surface area contributed by atoms with Crippen molar-refractivity contribution in [3.05, 3.63) is 89.2 Å². The fraction of sp³-hybridized carbons (Fsp3) is 0.0909. The molecule has 0 aromatic heterocycles. The van der Waals surface area contributed by atoms with Gasteiger partial charge in [-0.1, -0.05) is 54.5 Å². The largest absolute Gasteiger partial charge is 0.488 e. The summed E-state index contributed by atoms with van der Waals surface area (Å²) in [5, 5.41) is 0. The zero-order valence-electron chi connectivity index (χ0n) is 13.4. The van der Waals surface area contributed by atoms with Gasteiger partial charge < -0.3 is 4.74 Å². The van der Waals surface area contributed by atoms with Gasteiger partial charge in [0.15, 0.2) is 0 Å². The zero-order chi connectivity index (χ0) is 16.9. The Bertz CT molecular complexity index is 892. The van der Waals surface area contributed by atoms with Gasteiger partial charge in [-0.05, 0) is 36.2 Å². The van der Waals surface area contributed by atoms with Crippen molar-refractivity contribution in [1.82, 2.24) is 0 Å². The van der Waals surface area contributed by atoms with Crippen molar-refractivity contribution < 1.29 is 9.13 Å². The molecule has 2 heteroatoms. The average molecular weight is 316 g/mol. The van der Waals surface area contributed by atoms with E-state index in [1.807, 2.05) is 42.5 Å². The maximum atomic E-state index is 14.5. The van der Waals surface area contributed by atoms with Crippen molar-refractivity contribution in [1.29, 1.82) is 0 Å². The summed E-state index contributed by atoms with van der Waals surface area (Å²) in [5.74, 6) is 2.94. The second-order valence-electron chi connectivity index (χ2n) is 5.57. The molecule has 118 valence electrons. The molecule has 0 unspecified atom stereocenters. The molecule has 1 nitrogen and oxygen atoms in total. The maximum Gasteiger partial charge on any atom is 0.134 e. The number of benzene rings is 3. The van der Waals surface area contributed by atoms with Gasteiger partial charge in [0.05, 0.1) is 0 Å². The number of hydrogen-bond acceptors (Lipinski definition) is 1. The summed E-state index contributed by atoms with van der Waals surface area (Å²) < 4.78 is 20.5. The van der Waals surface area contributed by atoms with E-state index in [1.165, 1.54) is 0 Å². The predicted octanol–water partition coefficient (Wildman–Crippen LogP) is 5.36. The first-order chi connectivity index (χ1) is 11.7. The molecule has 0 atom stereocenters. The molecule has 0 saturated heterocycles. The fourth-order valence-corrected chi connectivity index (χ4v) is 2.54. The van der Waals surface area contributed by atoms with Gasteiger partial charge >= 0.3 is 0 Å². The number of hydrogen-bond donors (Lipinski definition) is 0. The van der Waals surface area contributed by atoms with E-state index in [2.05, 4.69) is 5.92 Å². The minimum atomic E-state index is -0.240. The van der Waals surface area contributed by atoms with E-state index in [-0.39, 0.29) is 5.82 Å². The molecule has 0 fully saturated rings. The Balaban J connectivity index is 2.00. The minimum absolute atomic E-state index is 0.240. The van der Waals surface area contributed by atoms with Gasteiger partial charge in [0.1, 0.15) is 18.2 Å². The lowest BCUT2D eigenvalue weighted by molar-refractivity contribution is 0.307. The Kier molecular flexibility index (Phi) is 4.63. The first kappa shape index (κ1) is 15.8. The Hall–Kier alpha value is -3.05. The van der Waals surface area contributed by atoms with E-state index in [0.29, 0.717) is 34.6 Å². The molecule has 0 N–H and O–H groups in total. The van der Waals surface area contributed by atoms with Crippen LogP contribution in [-0.2, 0) is 6.61 Å². The highest BCUT2D eigenvalue weighted by Gasteiger charge is 2.13. The SMILES string of the molecule is C#Cc1ccc(-c2cccc(C)c2F)c(OCc2ccccc2)c1. The summed E-state index contributed by atoms with van der Waals surface area (Å²) in [5.41, 5.74) is 3.56. The first-order valence-electron chi connectivity index (χ1n) is 7.72. The summed E-state index contributed by atoms with van der Waals surface area (Å²) >= 11 is 0. The number of halogens is 1. The molecule has 3 rings (SSSR count). The molecule has 0 saturated carbocycles. The van der Waals surface area contributed by atoms with Crippen molar-refractivity contribution in [2.75, 3.05) is 0 Å². The van der Waals surface area contributed by atoms with Crippen LogP contribution in [0.4, 0.5) is 4.39 Å². The predicted molar refractivity (Wildman–Crippen MR) is 95.3 cm³/mol. The highest BCUT2D eigenvalue weighted by Crippen LogP contribution is 2.34. The molecule has 0 aliphatic carbocycles. The molecule has 0 aliphatic heterocycles.